The number of carbonyl (C=O) groups excluding carboxylic acids is 3. The van der Waals surface area contributed by atoms with Crippen LogP contribution in [0.1, 0.15) is 44.1 Å². The summed E-state index contributed by atoms with van der Waals surface area (Å²) in [7, 11) is 0. The third-order valence-electron chi connectivity index (χ3n) is 4.94. The minimum Gasteiger partial charge on any atom is -0.352 e. The van der Waals surface area contributed by atoms with Crippen LogP contribution in [-0.4, -0.2) is 45.8 Å². The van der Waals surface area contributed by atoms with Gasteiger partial charge in [0.2, 0.25) is 17.7 Å². The fourth-order valence-electron chi connectivity index (χ4n) is 3.33. The summed E-state index contributed by atoms with van der Waals surface area (Å²) in [6, 6.07) is 7.78. The summed E-state index contributed by atoms with van der Waals surface area (Å²) >= 11 is 6.57. The third-order valence-corrected chi connectivity index (χ3v) is 6.37. The summed E-state index contributed by atoms with van der Waals surface area (Å²) < 4.78 is 0.669. The highest BCUT2D eigenvalue weighted by Crippen LogP contribution is 2.22. The van der Waals surface area contributed by atoms with Gasteiger partial charge >= 0.3 is 0 Å². The highest BCUT2D eigenvalue weighted by Gasteiger charge is 2.25. The molecule has 0 unspecified atom stereocenters. The number of thiocarbonyl (C=S) groups is 1. The zero-order valence-corrected chi connectivity index (χ0v) is 17.4. The molecular weight excluding hydrogens is 394 g/mol. The summed E-state index contributed by atoms with van der Waals surface area (Å²) in [5.41, 5.74) is 1.94. The van der Waals surface area contributed by atoms with E-state index < -0.39 is 0 Å². The van der Waals surface area contributed by atoms with Crippen molar-refractivity contribution in [2.75, 3.05) is 23.7 Å². The second-order valence-corrected chi connectivity index (χ2v) is 8.61. The Hall–Kier alpha value is -1.93. The molecular formula is C20H25N3O3S2. The highest BCUT2D eigenvalue weighted by molar-refractivity contribution is 8.23. The van der Waals surface area contributed by atoms with Crippen molar-refractivity contribution in [1.29, 1.82) is 0 Å². The highest BCUT2D eigenvalue weighted by atomic mass is 32.2. The van der Waals surface area contributed by atoms with Gasteiger partial charge in [0.25, 0.3) is 0 Å². The molecule has 2 aliphatic heterocycles. The van der Waals surface area contributed by atoms with Gasteiger partial charge in [0.15, 0.2) is 0 Å². The van der Waals surface area contributed by atoms with Gasteiger partial charge in [-0.15, -0.1) is 0 Å². The summed E-state index contributed by atoms with van der Waals surface area (Å²) in [6.07, 6.45) is 4.56. The average molecular weight is 420 g/mol. The van der Waals surface area contributed by atoms with E-state index in [1.165, 1.54) is 11.8 Å². The zero-order chi connectivity index (χ0) is 19.9. The molecule has 1 N–H and O–H groups in total. The van der Waals surface area contributed by atoms with E-state index in [1.54, 1.807) is 4.90 Å². The van der Waals surface area contributed by atoms with Gasteiger partial charge in [0, 0.05) is 38.2 Å². The Kier molecular flexibility index (Phi) is 7.44. The maximum absolute atomic E-state index is 12.0. The molecule has 150 valence electrons. The number of amides is 3. The lowest BCUT2D eigenvalue weighted by molar-refractivity contribution is -0.124. The maximum Gasteiger partial charge on any atom is 0.238 e. The Bertz CT molecular complexity index is 736. The van der Waals surface area contributed by atoms with E-state index in [4.69, 9.17) is 12.2 Å². The molecule has 0 bridgehead atoms. The number of benzene rings is 1. The van der Waals surface area contributed by atoms with Crippen LogP contribution in [0.15, 0.2) is 24.3 Å². The lowest BCUT2D eigenvalue weighted by atomic mass is 10.1. The molecule has 0 radical (unpaired) electrons. The fraction of sp³-hybridized carbons (Fsp3) is 0.500. The molecule has 2 fully saturated rings. The first-order valence-corrected chi connectivity index (χ1v) is 11.1. The number of nitrogens with one attached hydrogen (secondary N) is 1. The fourth-order valence-corrected chi connectivity index (χ4v) is 4.45. The van der Waals surface area contributed by atoms with E-state index in [-0.39, 0.29) is 17.7 Å². The van der Waals surface area contributed by atoms with Crippen LogP contribution in [0.25, 0.3) is 0 Å². The molecule has 0 aliphatic carbocycles. The average Bonchev–Trinajstić information content (AvgIpc) is 3.26. The van der Waals surface area contributed by atoms with Gasteiger partial charge in [0.05, 0.1) is 5.75 Å². The Morgan fingerprint density at radius 2 is 1.89 bits per heavy atom. The third kappa shape index (κ3) is 5.54. The first kappa shape index (κ1) is 20.8. The molecule has 1 aromatic rings. The Morgan fingerprint density at radius 1 is 1.11 bits per heavy atom. The van der Waals surface area contributed by atoms with Gasteiger partial charge in [-0.2, -0.15) is 0 Å². The standard InChI is InChI=1S/C20H25N3O3S2/c24-17(5-2-1-3-11-23-19(26)14-28-20(23)27)21-13-15-7-9-16(10-8-15)22-12-4-6-18(22)25/h7-10H,1-6,11-14H2,(H,21,24). The van der Waals surface area contributed by atoms with Gasteiger partial charge in [-0.05, 0) is 37.0 Å². The molecule has 2 heterocycles. The van der Waals surface area contributed by atoms with Crippen molar-refractivity contribution in [3.05, 3.63) is 29.8 Å². The number of thioether (sulfide) groups is 1. The lowest BCUT2D eigenvalue weighted by Gasteiger charge is -2.16. The topological polar surface area (TPSA) is 69.7 Å². The molecule has 28 heavy (non-hydrogen) atoms. The van der Waals surface area contributed by atoms with Gasteiger partial charge in [-0.3, -0.25) is 19.3 Å². The van der Waals surface area contributed by atoms with Crippen LogP contribution in [0.5, 0.6) is 0 Å². The summed E-state index contributed by atoms with van der Waals surface area (Å²) in [6.45, 7) is 1.92. The van der Waals surface area contributed by atoms with Crippen molar-refractivity contribution in [3.63, 3.8) is 0 Å². The maximum atomic E-state index is 12.0. The minimum absolute atomic E-state index is 0.0297. The Balaban J connectivity index is 1.30. The van der Waals surface area contributed by atoms with Crippen LogP contribution in [-0.2, 0) is 20.9 Å². The summed E-state index contributed by atoms with van der Waals surface area (Å²) in [5.74, 6) is 0.752. The largest absolute Gasteiger partial charge is 0.352 e. The van der Waals surface area contributed by atoms with Crippen LogP contribution >= 0.6 is 24.0 Å². The molecule has 0 aromatic heterocycles. The minimum atomic E-state index is 0.0297. The van der Waals surface area contributed by atoms with E-state index in [2.05, 4.69) is 5.32 Å². The van der Waals surface area contributed by atoms with E-state index >= 15 is 0 Å². The number of unbranched alkanes of at least 4 members (excludes halogenated alkanes) is 2. The molecule has 8 heteroatoms. The molecule has 1 aromatic carbocycles. The number of anilines is 1. The van der Waals surface area contributed by atoms with Crippen molar-refractivity contribution in [2.24, 2.45) is 0 Å². The Labute approximate surface area is 175 Å². The number of hydrogen-bond acceptors (Lipinski definition) is 5. The van der Waals surface area contributed by atoms with Gasteiger partial charge < -0.3 is 10.2 Å². The van der Waals surface area contributed by atoms with Gasteiger partial charge in [-0.25, -0.2) is 0 Å². The van der Waals surface area contributed by atoms with Gasteiger partial charge in [-0.1, -0.05) is 42.5 Å². The normalized spacial score (nSPS) is 16.9. The number of carbonyl (C=O) groups is 3. The molecule has 0 saturated carbocycles. The second-order valence-electron chi connectivity index (χ2n) is 7.00. The molecule has 0 atom stereocenters. The van der Waals surface area contributed by atoms with Crippen molar-refractivity contribution in [1.82, 2.24) is 10.2 Å². The van der Waals surface area contributed by atoms with Crippen LogP contribution in [0, 0.1) is 0 Å². The van der Waals surface area contributed by atoms with E-state index in [0.29, 0.717) is 36.0 Å². The molecule has 2 aliphatic rings. The lowest BCUT2D eigenvalue weighted by Crippen LogP contribution is -2.29. The van der Waals surface area contributed by atoms with E-state index in [0.717, 1.165) is 43.5 Å². The van der Waals surface area contributed by atoms with Crippen LogP contribution in [0.3, 0.4) is 0 Å². The molecule has 3 rings (SSSR count). The quantitative estimate of drug-likeness (QED) is 0.492. The smallest absolute Gasteiger partial charge is 0.238 e. The van der Waals surface area contributed by atoms with Crippen molar-refractivity contribution in [3.8, 4) is 0 Å². The van der Waals surface area contributed by atoms with Gasteiger partial charge in [0.1, 0.15) is 4.32 Å². The van der Waals surface area contributed by atoms with Crippen molar-refractivity contribution in [2.45, 2.75) is 45.1 Å². The summed E-state index contributed by atoms with van der Waals surface area (Å²) in [4.78, 5) is 38.9. The first-order chi connectivity index (χ1) is 13.5. The first-order valence-electron chi connectivity index (χ1n) is 9.68. The second kappa shape index (κ2) is 10.0. The summed E-state index contributed by atoms with van der Waals surface area (Å²) in [5, 5.41) is 2.93. The van der Waals surface area contributed by atoms with E-state index in [1.807, 2.05) is 29.2 Å². The molecule has 3 amide bonds. The Morgan fingerprint density at radius 3 is 2.54 bits per heavy atom. The monoisotopic (exact) mass is 419 g/mol. The number of rotatable bonds is 9. The van der Waals surface area contributed by atoms with Crippen LogP contribution < -0.4 is 10.2 Å². The number of hydrogen-bond donors (Lipinski definition) is 1. The van der Waals surface area contributed by atoms with Crippen LogP contribution in [0.2, 0.25) is 0 Å². The predicted molar refractivity (Wildman–Crippen MR) is 115 cm³/mol. The predicted octanol–water partition coefficient (Wildman–Crippen LogP) is 2.85. The molecule has 6 nitrogen and oxygen atoms in total. The van der Waals surface area contributed by atoms with E-state index in [9.17, 15) is 14.4 Å². The molecule has 2 saturated heterocycles. The van der Waals surface area contributed by atoms with Crippen molar-refractivity contribution < 1.29 is 14.4 Å². The SMILES string of the molecule is O=C(CCCCCN1C(=O)CSC1=S)NCc1ccc(N2CCCC2=O)cc1. The molecule has 0 spiro atoms. The number of nitrogens with zero attached hydrogens (tertiary/aromatic N) is 2. The van der Waals surface area contributed by atoms with Crippen LogP contribution in [0.4, 0.5) is 5.69 Å². The zero-order valence-electron chi connectivity index (χ0n) is 15.8. The van der Waals surface area contributed by atoms with Crippen molar-refractivity contribution >= 4 is 51.7 Å².